The second-order valence-electron chi connectivity index (χ2n) is 8.85. The number of aryl methyl sites for hydroxylation is 1. The third-order valence-electron chi connectivity index (χ3n) is 6.03. The second-order valence-corrected chi connectivity index (χ2v) is 8.85. The SMILES string of the molecule is CC(C)=CCn1c(N2CCC[C@H](N)C2)nc2c1c(=O)n(CC(=O)c1ccccc1)c(=O)n2C. The number of hydrogen-bond donors (Lipinski definition) is 1. The molecular weight excluding hydrogens is 420 g/mol. The molecule has 1 aliphatic rings. The van der Waals surface area contributed by atoms with Gasteiger partial charge in [-0.25, -0.2) is 4.79 Å². The fourth-order valence-corrected chi connectivity index (χ4v) is 4.24. The van der Waals surface area contributed by atoms with Gasteiger partial charge in [0.25, 0.3) is 5.56 Å². The Kier molecular flexibility index (Phi) is 6.33. The third-order valence-corrected chi connectivity index (χ3v) is 6.03. The predicted molar refractivity (Wildman–Crippen MR) is 129 cm³/mol. The van der Waals surface area contributed by atoms with E-state index in [4.69, 9.17) is 10.7 Å². The zero-order valence-electron chi connectivity index (χ0n) is 19.3. The number of ketones is 1. The van der Waals surface area contributed by atoms with Gasteiger partial charge in [0.1, 0.15) is 0 Å². The molecule has 1 aromatic carbocycles. The fraction of sp³-hybridized carbons (Fsp3) is 0.417. The van der Waals surface area contributed by atoms with E-state index in [1.54, 1.807) is 31.3 Å². The maximum Gasteiger partial charge on any atom is 0.332 e. The Morgan fingerprint density at radius 2 is 1.91 bits per heavy atom. The highest BCUT2D eigenvalue weighted by Crippen LogP contribution is 2.23. The smallest absolute Gasteiger partial charge is 0.332 e. The van der Waals surface area contributed by atoms with Crippen LogP contribution < -0.4 is 21.9 Å². The maximum atomic E-state index is 13.6. The van der Waals surface area contributed by atoms with Crippen molar-refractivity contribution in [2.75, 3.05) is 18.0 Å². The van der Waals surface area contributed by atoms with E-state index in [1.807, 2.05) is 30.6 Å². The molecule has 1 saturated heterocycles. The monoisotopic (exact) mass is 450 g/mol. The van der Waals surface area contributed by atoms with Crippen molar-refractivity contribution < 1.29 is 4.79 Å². The van der Waals surface area contributed by atoms with Crippen LogP contribution in [0.3, 0.4) is 0 Å². The molecule has 174 valence electrons. The molecule has 1 aliphatic heterocycles. The van der Waals surface area contributed by atoms with Crippen molar-refractivity contribution in [1.82, 2.24) is 18.7 Å². The number of allylic oxidation sites excluding steroid dienone is 2. The number of nitrogens with zero attached hydrogens (tertiary/aromatic N) is 5. The van der Waals surface area contributed by atoms with E-state index in [0.29, 0.717) is 35.8 Å². The number of fused-ring (bicyclic) bond motifs is 1. The van der Waals surface area contributed by atoms with Crippen LogP contribution in [0.15, 0.2) is 51.6 Å². The van der Waals surface area contributed by atoms with Crippen molar-refractivity contribution in [3.63, 3.8) is 0 Å². The zero-order valence-corrected chi connectivity index (χ0v) is 19.3. The lowest BCUT2D eigenvalue weighted by molar-refractivity contribution is 0.0969. The van der Waals surface area contributed by atoms with Gasteiger partial charge >= 0.3 is 5.69 Å². The maximum absolute atomic E-state index is 13.6. The highest BCUT2D eigenvalue weighted by molar-refractivity contribution is 5.95. The number of hydrogen-bond acceptors (Lipinski definition) is 6. The zero-order chi connectivity index (χ0) is 23.7. The average molecular weight is 451 g/mol. The number of carbonyl (C=O) groups is 1. The Balaban J connectivity index is 1.89. The van der Waals surface area contributed by atoms with Gasteiger partial charge in [0.15, 0.2) is 16.9 Å². The van der Waals surface area contributed by atoms with Crippen LogP contribution in [0.25, 0.3) is 11.2 Å². The largest absolute Gasteiger partial charge is 0.341 e. The molecule has 4 rings (SSSR count). The van der Waals surface area contributed by atoms with E-state index in [1.165, 1.54) is 4.57 Å². The molecule has 0 radical (unpaired) electrons. The van der Waals surface area contributed by atoms with Crippen LogP contribution >= 0.6 is 0 Å². The number of benzene rings is 1. The molecule has 0 spiro atoms. The standard InChI is InChI=1S/C24H30N6O3/c1-16(2)11-13-29-20-21(26-23(29)28-12-7-10-18(25)14-28)27(3)24(33)30(22(20)32)15-19(31)17-8-5-4-6-9-17/h4-6,8-9,11,18H,7,10,12-15,25H2,1-3H3/t18-/m0/s1. The highest BCUT2D eigenvalue weighted by Gasteiger charge is 2.26. The lowest BCUT2D eigenvalue weighted by atomic mass is 10.1. The van der Waals surface area contributed by atoms with E-state index in [-0.39, 0.29) is 18.4 Å². The molecule has 2 aromatic heterocycles. The Morgan fingerprint density at radius 1 is 1.18 bits per heavy atom. The van der Waals surface area contributed by atoms with Crippen LogP contribution in [-0.4, -0.2) is 43.6 Å². The number of imidazole rings is 1. The van der Waals surface area contributed by atoms with E-state index < -0.39 is 11.2 Å². The normalized spacial score (nSPS) is 16.2. The van der Waals surface area contributed by atoms with Crippen LogP contribution in [0.2, 0.25) is 0 Å². The van der Waals surface area contributed by atoms with Crippen molar-refractivity contribution in [2.24, 2.45) is 12.8 Å². The summed E-state index contributed by atoms with van der Waals surface area (Å²) in [5, 5.41) is 0. The quantitative estimate of drug-likeness (QED) is 0.452. The van der Waals surface area contributed by atoms with Gasteiger partial charge in [-0.2, -0.15) is 4.98 Å². The van der Waals surface area contributed by atoms with E-state index in [2.05, 4.69) is 4.90 Å². The number of Topliss-reactive ketones (excluding diaryl/α,β-unsaturated/α-hetero) is 1. The number of rotatable bonds is 6. The van der Waals surface area contributed by atoms with Gasteiger partial charge < -0.3 is 15.2 Å². The molecule has 3 aromatic rings. The molecule has 2 N–H and O–H groups in total. The van der Waals surface area contributed by atoms with E-state index >= 15 is 0 Å². The fourth-order valence-electron chi connectivity index (χ4n) is 4.24. The van der Waals surface area contributed by atoms with Crippen molar-refractivity contribution in [2.45, 2.75) is 45.8 Å². The van der Waals surface area contributed by atoms with Gasteiger partial charge in [0, 0.05) is 38.3 Å². The molecule has 0 unspecified atom stereocenters. The summed E-state index contributed by atoms with van der Waals surface area (Å²) in [4.78, 5) is 46.2. The van der Waals surface area contributed by atoms with Gasteiger partial charge in [-0.05, 0) is 26.7 Å². The molecule has 3 heterocycles. The van der Waals surface area contributed by atoms with Gasteiger partial charge in [-0.15, -0.1) is 0 Å². The predicted octanol–water partition coefficient (Wildman–Crippen LogP) is 1.67. The van der Waals surface area contributed by atoms with Crippen molar-refractivity contribution >= 4 is 22.9 Å². The molecule has 1 fully saturated rings. The molecular formula is C24H30N6O3. The summed E-state index contributed by atoms with van der Waals surface area (Å²) >= 11 is 0. The van der Waals surface area contributed by atoms with Crippen LogP contribution in [0, 0.1) is 0 Å². The van der Waals surface area contributed by atoms with Gasteiger partial charge in [-0.3, -0.25) is 18.7 Å². The van der Waals surface area contributed by atoms with Gasteiger partial charge in [0.05, 0.1) is 6.54 Å². The Hall–Kier alpha value is -3.46. The number of piperidine rings is 1. The average Bonchev–Trinajstić information content (AvgIpc) is 3.19. The minimum absolute atomic E-state index is 0.0273. The second kappa shape index (κ2) is 9.19. The third kappa shape index (κ3) is 4.41. The Labute approximate surface area is 191 Å². The first-order valence-electron chi connectivity index (χ1n) is 11.2. The summed E-state index contributed by atoms with van der Waals surface area (Å²) in [6.07, 6.45) is 3.89. The van der Waals surface area contributed by atoms with Crippen molar-refractivity contribution in [1.29, 1.82) is 0 Å². The first-order chi connectivity index (χ1) is 15.8. The highest BCUT2D eigenvalue weighted by atomic mass is 16.2. The summed E-state index contributed by atoms with van der Waals surface area (Å²) in [5.41, 5.74) is 7.29. The molecule has 0 amide bonds. The van der Waals surface area contributed by atoms with Crippen LogP contribution in [0.1, 0.15) is 37.0 Å². The molecule has 1 atom stereocenters. The number of anilines is 1. The minimum Gasteiger partial charge on any atom is -0.341 e. The lowest BCUT2D eigenvalue weighted by Crippen LogP contribution is -2.44. The molecule has 33 heavy (non-hydrogen) atoms. The molecule has 9 heteroatoms. The first-order valence-corrected chi connectivity index (χ1v) is 11.2. The summed E-state index contributed by atoms with van der Waals surface area (Å²) in [7, 11) is 1.58. The lowest BCUT2D eigenvalue weighted by Gasteiger charge is -2.31. The molecule has 0 bridgehead atoms. The summed E-state index contributed by atoms with van der Waals surface area (Å²) in [6.45, 7) is 5.49. The topological polar surface area (TPSA) is 108 Å². The molecule has 9 nitrogen and oxygen atoms in total. The van der Waals surface area contributed by atoms with Crippen molar-refractivity contribution in [3.8, 4) is 0 Å². The minimum atomic E-state index is -0.564. The van der Waals surface area contributed by atoms with Gasteiger partial charge in [-0.1, -0.05) is 42.0 Å². The summed E-state index contributed by atoms with van der Waals surface area (Å²) < 4.78 is 4.19. The van der Waals surface area contributed by atoms with E-state index in [9.17, 15) is 14.4 Å². The molecule has 0 saturated carbocycles. The van der Waals surface area contributed by atoms with Crippen LogP contribution in [0.5, 0.6) is 0 Å². The Morgan fingerprint density at radius 3 is 2.58 bits per heavy atom. The van der Waals surface area contributed by atoms with Crippen LogP contribution in [-0.2, 0) is 20.1 Å². The molecule has 0 aliphatic carbocycles. The van der Waals surface area contributed by atoms with Gasteiger partial charge in [0.2, 0.25) is 5.95 Å². The Bertz CT molecular complexity index is 1330. The summed E-state index contributed by atoms with van der Waals surface area (Å²) in [5.74, 6) is 0.323. The van der Waals surface area contributed by atoms with Crippen molar-refractivity contribution in [3.05, 3.63) is 68.4 Å². The number of nitrogens with two attached hydrogens (primary N) is 1. The summed E-state index contributed by atoms with van der Waals surface area (Å²) in [6, 6.07) is 8.69. The first kappa shape index (κ1) is 22.7. The van der Waals surface area contributed by atoms with Crippen LogP contribution in [0.4, 0.5) is 5.95 Å². The van der Waals surface area contributed by atoms with E-state index in [0.717, 1.165) is 29.5 Å². The number of aromatic nitrogens is 4. The number of carbonyl (C=O) groups excluding carboxylic acids is 1.